The van der Waals surface area contributed by atoms with Gasteiger partial charge < -0.3 is 10.2 Å². The van der Waals surface area contributed by atoms with E-state index in [1.165, 1.54) is 5.56 Å². The van der Waals surface area contributed by atoms with E-state index in [0.29, 0.717) is 38.1 Å². The molecule has 3 nitrogen and oxygen atoms in total. The first kappa shape index (κ1) is 30.9. The summed E-state index contributed by atoms with van der Waals surface area (Å²) in [5, 5.41) is 5.05. The summed E-state index contributed by atoms with van der Waals surface area (Å²) in [5.74, 6) is 0.560. The lowest BCUT2D eigenvalue weighted by Crippen LogP contribution is -2.35. The van der Waals surface area contributed by atoms with Crippen molar-refractivity contribution in [2.75, 3.05) is 24.5 Å². The van der Waals surface area contributed by atoms with E-state index in [9.17, 15) is 4.79 Å². The molecule has 1 N–H and O–H groups in total. The Morgan fingerprint density at radius 1 is 0.921 bits per heavy atom. The number of carbonyl (C=O) groups excluding carboxylic acids is 1. The summed E-state index contributed by atoms with van der Waals surface area (Å²) in [6.07, 6.45) is 5.15. The van der Waals surface area contributed by atoms with Crippen molar-refractivity contribution in [3.63, 3.8) is 0 Å². The van der Waals surface area contributed by atoms with Crippen molar-refractivity contribution in [3.05, 3.63) is 97.4 Å². The zero-order valence-electron chi connectivity index (χ0n) is 21.4. The number of amides is 1. The van der Waals surface area contributed by atoms with Gasteiger partial charge in [0.05, 0.1) is 31.3 Å². The fourth-order valence-electron chi connectivity index (χ4n) is 5.09. The summed E-state index contributed by atoms with van der Waals surface area (Å²) in [5.41, 5.74) is 3.74. The number of halogens is 5. The molecule has 0 spiro atoms. The Bertz CT molecular complexity index is 1210. The second-order valence-electron chi connectivity index (χ2n) is 9.77. The van der Waals surface area contributed by atoms with Crippen molar-refractivity contribution < 1.29 is 4.79 Å². The molecule has 1 saturated heterocycles. The van der Waals surface area contributed by atoms with Crippen LogP contribution in [-0.4, -0.2) is 25.5 Å². The van der Waals surface area contributed by atoms with Gasteiger partial charge in [-0.05, 0) is 67.0 Å². The molecule has 1 atom stereocenters. The van der Waals surface area contributed by atoms with E-state index in [0.717, 1.165) is 56.4 Å². The van der Waals surface area contributed by atoms with Crippen molar-refractivity contribution in [2.24, 2.45) is 5.92 Å². The van der Waals surface area contributed by atoms with Crippen LogP contribution < -0.4 is 10.2 Å². The minimum atomic E-state index is -0.206. The van der Waals surface area contributed by atoms with E-state index in [1.807, 2.05) is 18.2 Å². The second kappa shape index (κ2) is 14.7. The molecular formula is C30H33Cl5N2O. The first-order chi connectivity index (χ1) is 17.9. The van der Waals surface area contributed by atoms with Crippen molar-refractivity contribution >= 4 is 70.4 Å². The second-order valence-corrected chi connectivity index (χ2v) is 11.4. The maximum absolute atomic E-state index is 13.2. The molecule has 1 aliphatic rings. The monoisotopic (exact) mass is 612 g/mol. The summed E-state index contributed by atoms with van der Waals surface area (Å²) in [6, 6.07) is 19.8. The van der Waals surface area contributed by atoms with Crippen LogP contribution in [0.5, 0.6) is 0 Å². The van der Waals surface area contributed by atoms with Crippen molar-refractivity contribution in [1.82, 2.24) is 5.32 Å². The zero-order chi connectivity index (χ0) is 26.4. The van der Waals surface area contributed by atoms with Crippen LogP contribution in [0.15, 0.2) is 60.7 Å². The number of anilines is 1. The van der Waals surface area contributed by atoms with Crippen LogP contribution in [-0.2, 0) is 6.42 Å². The van der Waals surface area contributed by atoms with Crippen molar-refractivity contribution in [3.8, 4) is 0 Å². The number of rotatable bonds is 9. The Morgan fingerprint density at radius 3 is 2.29 bits per heavy atom. The van der Waals surface area contributed by atoms with Gasteiger partial charge in [-0.3, -0.25) is 4.79 Å². The number of piperidine rings is 1. The van der Waals surface area contributed by atoms with E-state index in [2.05, 4.69) is 47.5 Å². The molecule has 0 saturated carbocycles. The summed E-state index contributed by atoms with van der Waals surface area (Å²) in [6.45, 7) is 4.40. The smallest absolute Gasteiger partial charge is 0.252 e. The topological polar surface area (TPSA) is 32.3 Å². The lowest BCUT2D eigenvalue weighted by molar-refractivity contribution is 0.0951. The van der Waals surface area contributed by atoms with Gasteiger partial charge in [0.25, 0.3) is 5.91 Å². The predicted molar refractivity (Wildman–Crippen MR) is 165 cm³/mol. The molecule has 3 aromatic rings. The average molecular weight is 615 g/mol. The van der Waals surface area contributed by atoms with Gasteiger partial charge in [-0.2, -0.15) is 0 Å². The molecule has 1 heterocycles. The van der Waals surface area contributed by atoms with Crippen LogP contribution >= 0.6 is 58.8 Å². The Morgan fingerprint density at radius 2 is 1.63 bits per heavy atom. The van der Waals surface area contributed by atoms with Gasteiger partial charge >= 0.3 is 0 Å². The number of carbonyl (C=O) groups is 1. The number of nitrogens with zero attached hydrogens (tertiary/aromatic N) is 1. The van der Waals surface area contributed by atoms with Crippen LogP contribution in [0.3, 0.4) is 0 Å². The third-order valence-corrected chi connectivity index (χ3v) is 8.52. The minimum absolute atomic E-state index is 0. The molecule has 1 aliphatic heterocycles. The summed E-state index contributed by atoms with van der Waals surface area (Å²) >= 11 is 25.4. The highest BCUT2D eigenvalue weighted by Crippen LogP contribution is 2.35. The zero-order valence-corrected chi connectivity index (χ0v) is 25.2. The first-order valence-corrected chi connectivity index (χ1v) is 14.4. The van der Waals surface area contributed by atoms with Crippen LogP contribution in [0.4, 0.5) is 5.69 Å². The van der Waals surface area contributed by atoms with Gasteiger partial charge in [-0.1, -0.05) is 96.1 Å². The summed E-state index contributed by atoms with van der Waals surface area (Å²) in [7, 11) is 0. The van der Waals surface area contributed by atoms with Gasteiger partial charge in [0.15, 0.2) is 0 Å². The quantitative estimate of drug-likeness (QED) is 0.260. The molecule has 38 heavy (non-hydrogen) atoms. The number of benzene rings is 3. The number of hydrogen-bond donors (Lipinski definition) is 1. The Labute approximate surface area is 252 Å². The lowest BCUT2D eigenvalue weighted by Gasteiger charge is -2.34. The van der Waals surface area contributed by atoms with Gasteiger partial charge in [0.1, 0.15) is 0 Å². The normalized spacial score (nSPS) is 14.6. The van der Waals surface area contributed by atoms with E-state index in [4.69, 9.17) is 46.4 Å². The standard InChI is InChI=1S/C30H32Cl4N2O.ClH/c1-2-6-23(22-9-10-25(31)27(33)16-22)19-35-30(37)24-17-29(28(34)18-26(24)32)36-13-11-21(12-14-36)15-20-7-4-3-5-8-20;/h3-5,7-10,16-18,21,23H,2,6,11-15,19H2,1H3,(H,35,37);1H. The van der Waals surface area contributed by atoms with Gasteiger partial charge in [-0.25, -0.2) is 0 Å². The van der Waals surface area contributed by atoms with E-state index in [-0.39, 0.29) is 24.2 Å². The highest BCUT2D eigenvalue weighted by molar-refractivity contribution is 6.42. The van der Waals surface area contributed by atoms with E-state index in [1.54, 1.807) is 12.1 Å². The lowest BCUT2D eigenvalue weighted by atomic mass is 9.90. The summed E-state index contributed by atoms with van der Waals surface area (Å²) in [4.78, 5) is 15.5. The predicted octanol–water partition coefficient (Wildman–Crippen LogP) is 9.49. The molecule has 204 valence electrons. The maximum atomic E-state index is 13.2. The van der Waals surface area contributed by atoms with E-state index >= 15 is 0 Å². The molecular weight excluding hydrogens is 582 g/mol. The largest absolute Gasteiger partial charge is 0.370 e. The van der Waals surface area contributed by atoms with Crippen LogP contribution in [0, 0.1) is 5.92 Å². The third-order valence-electron chi connectivity index (χ3n) is 7.16. The molecule has 1 amide bonds. The summed E-state index contributed by atoms with van der Waals surface area (Å²) < 4.78 is 0. The average Bonchev–Trinajstić information content (AvgIpc) is 2.89. The van der Waals surface area contributed by atoms with Crippen molar-refractivity contribution in [2.45, 2.75) is 44.9 Å². The molecule has 1 fully saturated rings. The number of hydrogen-bond acceptors (Lipinski definition) is 2. The Hall–Kier alpha value is -1.62. The van der Waals surface area contributed by atoms with Crippen molar-refractivity contribution in [1.29, 1.82) is 0 Å². The Kier molecular flexibility index (Phi) is 11.9. The van der Waals surface area contributed by atoms with Gasteiger partial charge in [-0.15, -0.1) is 12.4 Å². The Balaban J connectivity index is 0.00000400. The molecule has 1 unspecified atom stereocenters. The molecule has 0 radical (unpaired) electrons. The highest BCUT2D eigenvalue weighted by Gasteiger charge is 2.24. The fraction of sp³-hybridized carbons (Fsp3) is 0.367. The van der Waals surface area contributed by atoms with Gasteiger partial charge in [0.2, 0.25) is 0 Å². The van der Waals surface area contributed by atoms with Crippen LogP contribution in [0.25, 0.3) is 0 Å². The molecule has 4 rings (SSSR count). The first-order valence-electron chi connectivity index (χ1n) is 12.9. The maximum Gasteiger partial charge on any atom is 0.252 e. The third kappa shape index (κ3) is 7.96. The van der Waals surface area contributed by atoms with Crippen LogP contribution in [0.1, 0.15) is 60.0 Å². The molecule has 0 aromatic heterocycles. The SMILES string of the molecule is CCCC(CNC(=O)c1cc(N2CCC(Cc3ccccc3)CC2)c(Cl)cc1Cl)c1ccc(Cl)c(Cl)c1.Cl. The number of nitrogens with one attached hydrogen (secondary N) is 1. The molecule has 3 aromatic carbocycles. The van der Waals surface area contributed by atoms with Gasteiger partial charge in [0, 0.05) is 25.6 Å². The van der Waals surface area contributed by atoms with Crippen LogP contribution in [0.2, 0.25) is 20.1 Å². The fourth-order valence-corrected chi connectivity index (χ4v) is 5.99. The highest BCUT2D eigenvalue weighted by atomic mass is 35.5. The molecule has 0 aliphatic carbocycles. The molecule has 0 bridgehead atoms. The minimum Gasteiger partial charge on any atom is -0.370 e. The van der Waals surface area contributed by atoms with E-state index < -0.39 is 0 Å². The molecule has 8 heteroatoms.